The maximum Gasteiger partial charge on any atom is 0.324 e. The molecule has 134 valence electrons. The van der Waals surface area contributed by atoms with Crippen LogP contribution < -0.4 is 9.04 Å². The Hall–Kier alpha value is -2.54. The van der Waals surface area contributed by atoms with Crippen molar-refractivity contribution in [2.75, 3.05) is 18.0 Å². The number of anilines is 1. The molecule has 25 heavy (non-hydrogen) atoms. The number of carboxylic acid groups (broad SMARTS) is 1. The molecule has 0 heterocycles. The van der Waals surface area contributed by atoms with Gasteiger partial charge in [0.1, 0.15) is 12.3 Å². The number of aliphatic carboxylic acids is 1. The second-order valence-electron chi connectivity index (χ2n) is 5.52. The molecule has 0 spiro atoms. The molecule has 6 nitrogen and oxygen atoms in total. The van der Waals surface area contributed by atoms with Crippen molar-refractivity contribution in [2.45, 2.75) is 25.2 Å². The van der Waals surface area contributed by atoms with Gasteiger partial charge in [-0.2, -0.15) is 0 Å². The Morgan fingerprint density at radius 1 is 1.20 bits per heavy atom. The molecular formula is C18H21NO5S. The van der Waals surface area contributed by atoms with Gasteiger partial charge in [-0.3, -0.25) is 9.10 Å². The summed E-state index contributed by atoms with van der Waals surface area (Å²) in [6.07, 6.45) is 0.587. The second-order valence-corrected chi connectivity index (χ2v) is 7.38. The first kappa shape index (κ1) is 18.8. The quantitative estimate of drug-likeness (QED) is 0.818. The Labute approximate surface area is 147 Å². The summed E-state index contributed by atoms with van der Waals surface area (Å²) in [5, 5.41) is 9.23. The van der Waals surface area contributed by atoms with Crippen molar-refractivity contribution in [2.24, 2.45) is 0 Å². The average Bonchev–Trinajstić information content (AvgIpc) is 2.59. The lowest BCUT2D eigenvalue weighted by atomic mass is 10.1. The van der Waals surface area contributed by atoms with Crippen LogP contribution >= 0.6 is 0 Å². The van der Waals surface area contributed by atoms with Gasteiger partial charge in [-0.15, -0.1) is 0 Å². The Bertz CT molecular complexity index is 877. The number of aryl methyl sites for hydroxylation is 2. The molecule has 0 aliphatic heterocycles. The van der Waals surface area contributed by atoms with Crippen LogP contribution in [0.1, 0.15) is 18.1 Å². The number of sulfonamides is 1. The molecule has 1 N–H and O–H groups in total. The van der Waals surface area contributed by atoms with Gasteiger partial charge in [0, 0.05) is 0 Å². The highest BCUT2D eigenvalue weighted by Gasteiger charge is 2.28. The molecule has 0 unspecified atom stereocenters. The van der Waals surface area contributed by atoms with Crippen LogP contribution in [-0.2, 0) is 21.2 Å². The molecule has 0 aliphatic carbocycles. The smallest absolute Gasteiger partial charge is 0.324 e. The molecule has 0 aromatic heterocycles. The zero-order chi connectivity index (χ0) is 18.6. The van der Waals surface area contributed by atoms with Crippen LogP contribution in [0.4, 0.5) is 5.69 Å². The van der Waals surface area contributed by atoms with Crippen LogP contribution in [0.25, 0.3) is 0 Å². The predicted octanol–water partition coefficient (Wildman–Crippen LogP) is 2.85. The highest BCUT2D eigenvalue weighted by molar-refractivity contribution is 7.92. The fourth-order valence-electron chi connectivity index (χ4n) is 2.61. The number of carbonyl (C=O) groups is 1. The first-order chi connectivity index (χ1) is 11.8. The Morgan fingerprint density at radius 3 is 2.44 bits per heavy atom. The van der Waals surface area contributed by atoms with Crippen molar-refractivity contribution in [1.29, 1.82) is 0 Å². The first-order valence-electron chi connectivity index (χ1n) is 7.78. The third-order valence-electron chi connectivity index (χ3n) is 3.87. The van der Waals surface area contributed by atoms with Crippen molar-refractivity contribution in [3.63, 3.8) is 0 Å². The number of carboxylic acids is 1. The molecule has 7 heteroatoms. The van der Waals surface area contributed by atoms with Crippen LogP contribution in [-0.4, -0.2) is 33.1 Å². The highest BCUT2D eigenvalue weighted by atomic mass is 32.2. The number of ether oxygens (including phenoxy) is 1. The summed E-state index contributed by atoms with van der Waals surface area (Å²) in [6.45, 7) is 2.98. The summed E-state index contributed by atoms with van der Waals surface area (Å²) in [4.78, 5) is 11.3. The van der Waals surface area contributed by atoms with E-state index in [1.54, 1.807) is 37.3 Å². The molecule has 0 radical (unpaired) electrons. The van der Waals surface area contributed by atoms with E-state index in [1.807, 2.05) is 6.92 Å². The van der Waals surface area contributed by atoms with Crippen LogP contribution in [0, 0.1) is 6.92 Å². The molecule has 0 saturated carbocycles. The van der Waals surface area contributed by atoms with E-state index >= 15 is 0 Å². The minimum Gasteiger partial charge on any atom is -0.496 e. The maximum atomic E-state index is 13.1. The topological polar surface area (TPSA) is 83.9 Å². The third kappa shape index (κ3) is 3.93. The Morgan fingerprint density at radius 2 is 1.88 bits per heavy atom. The second kappa shape index (κ2) is 7.57. The molecule has 0 atom stereocenters. The fourth-order valence-corrected chi connectivity index (χ4v) is 4.15. The largest absolute Gasteiger partial charge is 0.496 e. The molecule has 0 saturated heterocycles. The van der Waals surface area contributed by atoms with Crippen LogP contribution in [0.2, 0.25) is 0 Å². The number of benzene rings is 2. The average molecular weight is 363 g/mol. The van der Waals surface area contributed by atoms with Gasteiger partial charge < -0.3 is 9.84 Å². The summed E-state index contributed by atoms with van der Waals surface area (Å²) in [5.41, 5.74) is 1.79. The predicted molar refractivity (Wildman–Crippen MR) is 95.7 cm³/mol. The van der Waals surface area contributed by atoms with E-state index in [9.17, 15) is 18.3 Å². The molecule has 0 bridgehead atoms. The third-order valence-corrected chi connectivity index (χ3v) is 5.63. The normalized spacial score (nSPS) is 11.2. The summed E-state index contributed by atoms with van der Waals surface area (Å²) < 4.78 is 32.3. The van der Waals surface area contributed by atoms with Gasteiger partial charge in [0.15, 0.2) is 0 Å². The van der Waals surface area contributed by atoms with Crippen molar-refractivity contribution in [3.8, 4) is 5.75 Å². The van der Waals surface area contributed by atoms with Crippen molar-refractivity contribution < 1.29 is 23.1 Å². The van der Waals surface area contributed by atoms with E-state index in [4.69, 9.17) is 4.74 Å². The number of methoxy groups -OCH3 is 1. The van der Waals surface area contributed by atoms with Crippen LogP contribution in [0.5, 0.6) is 5.75 Å². The number of rotatable bonds is 7. The zero-order valence-corrected chi connectivity index (χ0v) is 15.2. The molecule has 0 aliphatic rings. The lowest BCUT2D eigenvalue weighted by Crippen LogP contribution is -2.36. The van der Waals surface area contributed by atoms with E-state index in [0.29, 0.717) is 23.4 Å². The van der Waals surface area contributed by atoms with E-state index in [-0.39, 0.29) is 4.90 Å². The van der Waals surface area contributed by atoms with Gasteiger partial charge in [0.05, 0.1) is 17.7 Å². The minimum atomic E-state index is -4.03. The van der Waals surface area contributed by atoms with Gasteiger partial charge in [-0.05, 0) is 48.7 Å². The summed E-state index contributed by atoms with van der Waals surface area (Å²) in [5.74, 6) is -0.655. The number of hydrogen-bond acceptors (Lipinski definition) is 4. The zero-order valence-electron chi connectivity index (χ0n) is 14.4. The van der Waals surface area contributed by atoms with Crippen molar-refractivity contribution >= 4 is 21.7 Å². The summed E-state index contributed by atoms with van der Waals surface area (Å²) >= 11 is 0. The number of nitrogens with zero attached hydrogens (tertiary/aromatic N) is 1. The van der Waals surface area contributed by atoms with Gasteiger partial charge in [-0.25, -0.2) is 8.42 Å². The molecule has 2 rings (SSSR count). The number of para-hydroxylation sites is 1. The van der Waals surface area contributed by atoms with E-state index in [0.717, 1.165) is 9.87 Å². The molecule has 2 aromatic rings. The van der Waals surface area contributed by atoms with Gasteiger partial charge in [-0.1, -0.05) is 25.1 Å². The Kier molecular flexibility index (Phi) is 5.69. The minimum absolute atomic E-state index is 0.0259. The lowest BCUT2D eigenvalue weighted by molar-refractivity contribution is -0.135. The van der Waals surface area contributed by atoms with Crippen LogP contribution in [0.15, 0.2) is 47.4 Å². The molecule has 2 aromatic carbocycles. The standard InChI is InChI=1S/C18H21NO5S/c1-4-14-7-5-6-8-16(14)19(12-18(20)21)25(22,23)15-9-10-17(24-3)13(2)11-15/h5-11H,4,12H2,1-3H3,(H,20,21). The van der Waals surface area contributed by atoms with Gasteiger partial charge >= 0.3 is 5.97 Å². The summed E-state index contributed by atoms with van der Waals surface area (Å²) in [7, 11) is -2.53. The van der Waals surface area contributed by atoms with E-state index in [1.165, 1.54) is 19.2 Å². The maximum absolute atomic E-state index is 13.1. The molecule has 0 fully saturated rings. The monoisotopic (exact) mass is 363 g/mol. The SMILES string of the molecule is CCc1ccccc1N(CC(=O)O)S(=O)(=O)c1ccc(OC)c(C)c1. The lowest BCUT2D eigenvalue weighted by Gasteiger charge is -2.25. The molecule has 0 amide bonds. The van der Waals surface area contributed by atoms with Crippen molar-refractivity contribution in [1.82, 2.24) is 0 Å². The summed E-state index contributed by atoms with van der Waals surface area (Å²) in [6, 6.07) is 11.4. The van der Waals surface area contributed by atoms with E-state index in [2.05, 4.69) is 0 Å². The van der Waals surface area contributed by atoms with Crippen molar-refractivity contribution in [3.05, 3.63) is 53.6 Å². The van der Waals surface area contributed by atoms with E-state index < -0.39 is 22.5 Å². The Balaban J connectivity index is 2.60. The number of hydrogen-bond donors (Lipinski definition) is 1. The molecular weight excluding hydrogens is 342 g/mol. The van der Waals surface area contributed by atoms with Gasteiger partial charge in [0.25, 0.3) is 10.0 Å². The fraction of sp³-hybridized carbons (Fsp3) is 0.278. The first-order valence-corrected chi connectivity index (χ1v) is 9.22. The highest BCUT2D eigenvalue weighted by Crippen LogP contribution is 2.29. The van der Waals surface area contributed by atoms with Crippen LogP contribution in [0.3, 0.4) is 0 Å². The van der Waals surface area contributed by atoms with Gasteiger partial charge in [0.2, 0.25) is 0 Å².